The summed E-state index contributed by atoms with van der Waals surface area (Å²) in [5.74, 6) is 0.815. The number of aliphatic hydroxyl groups excluding tert-OH is 1. The first-order valence-electron chi connectivity index (χ1n) is 7.93. The third kappa shape index (κ3) is 4.33. The van der Waals surface area contributed by atoms with E-state index in [1.807, 2.05) is 35.9 Å². The van der Waals surface area contributed by atoms with Crippen LogP contribution in [0.1, 0.15) is 33.3 Å². The van der Waals surface area contributed by atoms with Gasteiger partial charge in [-0.2, -0.15) is 5.10 Å². The molecule has 0 aliphatic rings. The molecule has 0 fully saturated rings. The second kappa shape index (κ2) is 7.15. The van der Waals surface area contributed by atoms with Crippen LogP contribution < -0.4 is 10.1 Å². The van der Waals surface area contributed by atoms with Crippen LogP contribution in [0.2, 0.25) is 0 Å². The lowest BCUT2D eigenvalue weighted by atomic mass is 10.1. The van der Waals surface area contributed by atoms with Gasteiger partial charge in [0.2, 0.25) is 0 Å². The molecule has 1 atom stereocenters. The number of aromatic nitrogens is 2. The van der Waals surface area contributed by atoms with E-state index in [0.29, 0.717) is 6.54 Å². The van der Waals surface area contributed by atoms with E-state index < -0.39 is 0 Å². The molecule has 0 amide bonds. The van der Waals surface area contributed by atoms with Crippen LogP contribution in [0.15, 0.2) is 30.5 Å². The molecule has 0 saturated heterocycles. The molecule has 0 bridgehead atoms. The summed E-state index contributed by atoms with van der Waals surface area (Å²) in [4.78, 5) is 0. The third-order valence-corrected chi connectivity index (χ3v) is 3.74. The zero-order chi connectivity index (χ0) is 17.0. The average molecular weight is 317 g/mol. The van der Waals surface area contributed by atoms with Crippen LogP contribution in [0, 0.1) is 0 Å². The first-order valence-corrected chi connectivity index (χ1v) is 7.93. The number of methoxy groups -OCH3 is 1. The van der Waals surface area contributed by atoms with Crippen molar-refractivity contribution in [3.05, 3.63) is 36.0 Å². The van der Waals surface area contributed by atoms with Gasteiger partial charge in [0, 0.05) is 29.9 Å². The van der Waals surface area contributed by atoms with Crippen LogP contribution in [0.4, 0.5) is 0 Å². The van der Waals surface area contributed by atoms with E-state index in [1.54, 1.807) is 7.11 Å². The third-order valence-electron chi connectivity index (χ3n) is 3.74. The lowest BCUT2D eigenvalue weighted by Gasteiger charge is -2.19. The van der Waals surface area contributed by atoms with E-state index in [4.69, 9.17) is 9.84 Å². The molecular formula is C18H27N3O2. The summed E-state index contributed by atoms with van der Waals surface area (Å²) in [6.07, 6.45) is 2.08. The van der Waals surface area contributed by atoms with Gasteiger partial charge >= 0.3 is 0 Å². The lowest BCUT2D eigenvalue weighted by molar-refractivity contribution is 0.251. The normalized spacial score (nSPS) is 13.1. The Kier molecular flexibility index (Phi) is 5.44. The molecule has 126 valence electrons. The van der Waals surface area contributed by atoms with Crippen molar-refractivity contribution in [2.45, 2.75) is 45.8 Å². The summed E-state index contributed by atoms with van der Waals surface area (Å²) >= 11 is 0. The number of ether oxygens (including phenoxy) is 1. The average Bonchev–Trinajstić information content (AvgIpc) is 2.97. The molecule has 5 heteroatoms. The number of rotatable bonds is 6. The standard InChI is InChI=1S/C18H27N3O2/c1-13(12-22)19-10-15-11-21(18(2,3)4)20-17(15)14-7-6-8-16(9-14)23-5/h6-9,11,13,19,22H,10,12H2,1-5H3/t13-/m0/s1. The summed E-state index contributed by atoms with van der Waals surface area (Å²) in [6, 6.07) is 7.98. The molecule has 1 heterocycles. The predicted molar refractivity (Wildman–Crippen MR) is 92.6 cm³/mol. The summed E-state index contributed by atoms with van der Waals surface area (Å²) in [5, 5.41) is 17.3. The summed E-state index contributed by atoms with van der Waals surface area (Å²) in [6.45, 7) is 9.11. The molecule has 2 N–H and O–H groups in total. The number of benzene rings is 1. The first-order chi connectivity index (χ1) is 10.8. The molecule has 0 radical (unpaired) electrons. The maximum Gasteiger partial charge on any atom is 0.119 e. The van der Waals surface area contributed by atoms with Crippen LogP contribution in [0.5, 0.6) is 5.75 Å². The maximum absolute atomic E-state index is 9.20. The van der Waals surface area contributed by atoms with Crippen molar-refractivity contribution < 1.29 is 9.84 Å². The van der Waals surface area contributed by atoms with Crippen LogP contribution in [0.25, 0.3) is 11.3 Å². The van der Waals surface area contributed by atoms with E-state index in [0.717, 1.165) is 22.6 Å². The largest absolute Gasteiger partial charge is 0.497 e. The second-order valence-electron chi connectivity index (χ2n) is 6.81. The van der Waals surface area contributed by atoms with Gasteiger partial charge in [-0.25, -0.2) is 0 Å². The van der Waals surface area contributed by atoms with Crippen molar-refractivity contribution in [1.82, 2.24) is 15.1 Å². The SMILES string of the molecule is COc1cccc(-c2nn(C(C)(C)C)cc2CN[C@@H](C)CO)c1. The first kappa shape index (κ1) is 17.5. The monoisotopic (exact) mass is 317 g/mol. The zero-order valence-corrected chi connectivity index (χ0v) is 14.6. The fourth-order valence-electron chi connectivity index (χ4n) is 2.24. The van der Waals surface area contributed by atoms with Gasteiger partial charge in [-0.1, -0.05) is 12.1 Å². The Labute approximate surface area is 138 Å². The van der Waals surface area contributed by atoms with Crippen LogP contribution in [-0.2, 0) is 12.1 Å². The Morgan fingerprint density at radius 2 is 2.09 bits per heavy atom. The molecule has 1 aromatic heterocycles. The van der Waals surface area contributed by atoms with Crippen LogP contribution >= 0.6 is 0 Å². The van der Waals surface area contributed by atoms with Crippen molar-refractivity contribution in [2.24, 2.45) is 0 Å². The summed E-state index contributed by atoms with van der Waals surface area (Å²) < 4.78 is 7.31. The van der Waals surface area contributed by atoms with Gasteiger partial charge < -0.3 is 15.2 Å². The van der Waals surface area contributed by atoms with Crippen LogP contribution in [0.3, 0.4) is 0 Å². The molecule has 0 spiro atoms. The molecule has 0 aliphatic heterocycles. The van der Waals surface area contributed by atoms with Crippen molar-refractivity contribution in [1.29, 1.82) is 0 Å². The van der Waals surface area contributed by atoms with E-state index in [2.05, 4.69) is 32.3 Å². The van der Waals surface area contributed by atoms with Gasteiger partial charge in [0.05, 0.1) is 24.9 Å². The number of hydrogen-bond donors (Lipinski definition) is 2. The van der Waals surface area contributed by atoms with Gasteiger partial charge in [-0.3, -0.25) is 4.68 Å². The molecule has 2 rings (SSSR count). The second-order valence-corrected chi connectivity index (χ2v) is 6.81. The Balaban J connectivity index is 2.40. The Morgan fingerprint density at radius 1 is 1.35 bits per heavy atom. The molecule has 23 heavy (non-hydrogen) atoms. The number of hydrogen-bond acceptors (Lipinski definition) is 4. The summed E-state index contributed by atoms with van der Waals surface area (Å²) in [5.41, 5.74) is 2.99. The number of aliphatic hydroxyl groups is 1. The van der Waals surface area contributed by atoms with Crippen molar-refractivity contribution >= 4 is 0 Å². The Hall–Kier alpha value is -1.85. The van der Waals surface area contributed by atoms with Gasteiger partial charge in [0.25, 0.3) is 0 Å². The van der Waals surface area contributed by atoms with Crippen LogP contribution in [-0.4, -0.2) is 34.6 Å². The van der Waals surface area contributed by atoms with Crippen molar-refractivity contribution in [3.63, 3.8) is 0 Å². The number of nitrogens with one attached hydrogen (secondary N) is 1. The van der Waals surface area contributed by atoms with Gasteiger partial charge in [-0.05, 0) is 39.8 Å². The molecule has 0 aliphatic carbocycles. The fourth-order valence-corrected chi connectivity index (χ4v) is 2.24. The molecule has 5 nitrogen and oxygen atoms in total. The van der Waals surface area contributed by atoms with Gasteiger partial charge in [-0.15, -0.1) is 0 Å². The minimum absolute atomic E-state index is 0.0474. The number of nitrogens with zero attached hydrogens (tertiary/aromatic N) is 2. The lowest BCUT2D eigenvalue weighted by Crippen LogP contribution is -2.28. The van der Waals surface area contributed by atoms with Crippen molar-refractivity contribution in [3.8, 4) is 17.0 Å². The topological polar surface area (TPSA) is 59.3 Å². The van der Waals surface area contributed by atoms with E-state index in [1.165, 1.54) is 0 Å². The fraction of sp³-hybridized carbons (Fsp3) is 0.500. The molecule has 1 aromatic carbocycles. The molecule has 0 unspecified atom stereocenters. The minimum atomic E-state index is -0.0888. The van der Waals surface area contributed by atoms with E-state index >= 15 is 0 Å². The van der Waals surface area contributed by atoms with Gasteiger partial charge in [0.1, 0.15) is 5.75 Å². The zero-order valence-electron chi connectivity index (χ0n) is 14.6. The Bertz CT molecular complexity index is 644. The van der Waals surface area contributed by atoms with Crippen molar-refractivity contribution in [2.75, 3.05) is 13.7 Å². The highest BCUT2D eigenvalue weighted by Crippen LogP contribution is 2.28. The highest BCUT2D eigenvalue weighted by Gasteiger charge is 2.19. The highest BCUT2D eigenvalue weighted by atomic mass is 16.5. The molecular weight excluding hydrogens is 290 g/mol. The maximum atomic E-state index is 9.20. The summed E-state index contributed by atoms with van der Waals surface area (Å²) in [7, 11) is 1.66. The molecule has 2 aromatic rings. The van der Waals surface area contributed by atoms with Gasteiger partial charge in [0.15, 0.2) is 0 Å². The predicted octanol–water partition coefficient (Wildman–Crippen LogP) is 2.78. The Morgan fingerprint density at radius 3 is 2.70 bits per heavy atom. The van der Waals surface area contributed by atoms with E-state index in [-0.39, 0.29) is 18.2 Å². The minimum Gasteiger partial charge on any atom is -0.497 e. The molecule has 0 saturated carbocycles. The van der Waals surface area contributed by atoms with E-state index in [9.17, 15) is 5.11 Å². The smallest absolute Gasteiger partial charge is 0.119 e. The quantitative estimate of drug-likeness (QED) is 0.860. The highest BCUT2D eigenvalue weighted by molar-refractivity contribution is 5.64.